The van der Waals surface area contributed by atoms with Crippen LogP contribution in [0.15, 0.2) is 30.3 Å². The maximum Gasteiger partial charge on any atom is 0.222 e. The zero-order valence-corrected chi connectivity index (χ0v) is 15.1. The van der Waals surface area contributed by atoms with E-state index in [-0.39, 0.29) is 12.4 Å². The number of rotatable bonds is 6. The van der Waals surface area contributed by atoms with Crippen molar-refractivity contribution < 1.29 is 9.53 Å². The van der Waals surface area contributed by atoms with E-state index in [9.17, 15) is 4.79 Å². The zero-order valence-electron chi connectivity index (χ0n) is 14.3. The number of hydrogen-bond donors (Lipinski definition) is 1. The van der Waals surface area contributed by atoms with Gasteiger partial charge in [-0.1, -0.05) is 30.3 Å². The molecule has 5 heteroatoms. The molecule has 0 spiro atoms. The standard InChI is InChI=1S/C19H28N2O2.ClH/c22-19(7-6-16-8-11-20-14-16)21-12-9-18(10-13-21)23-15-17-4-2-1-3-5-17;/h1-5,16,18,20H,6-15H2;1H. The van der Waals surface area contributed by atoms with Crippen LogP contribution in [-0.2, 0) is 16.1 Å². The summed E-state index contributed by atoms with van der Waals surface area (Å²) in [5, 5.41) is 3.37. The number of nitrogens with one attached hydrogen (secondary N) is 1. The molecule has 2 saturated heterocycles. The molecule has 1 amide bonds. The number of amides is 1. The zero-order chi connectivity index (χ0) is 15.9. The highest BCUT2D eigenvalue weighted by Crippen LogP contribution is 2.19. The second kappa shape index (κ2) is 10.0. The molecule has 0 aromatic heterocycles. The Morgan fingerprint density at radius 1 is 1.17 bits per heavy atom. The number of benzene rings is 1. The third kappa shape index (κ3) is 5.76. The van der Waals surface area contributed by atoms with Gasteiger partial charge >= 0.3 is 0 Å². The Bertz CT molecular complexity index is 483. The molecular formula is C19H29ClN2O2. The van der Waals surface area contributed by atoms with E-state index in [4.69, 9.17) is 4.74 Å². The van der Waals surface area contributed by atoms with Gasteiger partial charge in [0.2, 0.25) is 5.91 Å². The topological polar surface area (TPSA) is 41.6 Å². The number of likely N-dealkylation sites (tertiary alicyclic amines) is 1. The number of carbonyl (C=O) groups is 1. The number of piperidine rings is 1. The van der Waals surface area contributed by atoms with Crippen LogP contribution in [0, 0.1) is 5.92 Å². The van der Waals surface area contributed by atoms with Crippen LogP contribution in [0.5, 0.6) is 0 Å². The number of halogens is 1. The molecule has 2 aliphatic heterocycles. The monoisotopic (exact) mass is 352 g/mol. The molecule has 3 rings (SSSR count). The fourth-order valence-electron chi connectivity index (χ4n) is 3.51. The lowest BCUT2D eigenvalue weighted by Crippen LogP contribution is -2.40. The molecule has 2 heterocycles. The van der Waals surface area contributed by atoms with Crippen LogP contribution in [-0.4, -0.2) is 43.1 Å². The summed E-state index contributed by atoms with van der Waals surface area (Å²) < 4.78 is 5.99. The molecule has 134 valence electrons. The molecule has 0 saturated carbocycles. The fourth-order valence-corrected chi connectivity index (χ4v) is 3.51. The number of hydrogen-bond acceptors (Lipinski definition) is 3. The van der Waals surface area contributed by atoms with Crippen molar-refractivity contribution in [1.82, 2.24) is 10.2 Å². The number of nitrogens with zero attached hydrogens (tertiary/aromatic N) is 1. The van der Waals surface area contributed by atoms with Gasteiger partial charge in [0.15, 0.2) is 0 Å². The van der Waals surface area contributed by atoms with Crippen molar-refractivity contribution >= 4 is 18.3 Å². The van der Waals surface area contributed by atoms with Crippen molar-refractivity contribution in [3.05, 3.63) is 35.9 Å². The molecule has 0 aliphatic carbocycles. The molecule has 1 unspecified atom stereocenters. The maximum atomic E-state index is 12.3. The molecule has 1 aromatic carbocycles. The summed E-state index contributed by atoms with van der Waals surface area (Å²) in [7, 11) is 0. The van der Waals surface area contributed by atoms with Gasteiger partial charge in [-0.15, -0.1) is 12.4 Å². The summed E-state index contributed by atoms with van der Waals surface area (Å²) in [6.45, 7) is 4.57. The molecule has 24 heavy (non-hydrogen) atoms. The van der Waals surface area contributed by atoms with Gasteiger partial charge in [0.25, 0.3) is 0 Å². The van der Waals surface area contributed by atoms with Gasteiger partial charge in [-0.05, 0) is 50.3 Å². The van der Waals surface area contributed by atoms with Crippen LogP contribution in [0.4, 0.5) is 0 Å². The van der Waals surface area contributed by atoms with Crippen LogP contribution in [0.1, 0.15) is 37.7 Å². The Morgan fingerprint density at radius 2 is 1.92 bits per heavy atom. The number of ether oxygens (including phenoxy) is 1. The molecule has 0 radical (unpaired) electrons. The first-order chi connectivity index (χ1) is 11.3. The molecule has 1 aromatic rings. The van der Waals surface area contributed by atoms with E-state index in [0.29, 0.717) is 31.0 Å². The Labute approximate surface area is 151 Å². The van der Waals surface area contributed by atoms with E-state index in [1.54, 1.807) is 0 Å². The minimum atomic E-state index is 0. The third-order valence-corrected chi connectivity index (χ3v) is 5.05. The second-order valence-electron chi connectivity index (χ2n) is 6.77. The van der Waals surface area contributed by atoms with E-state index in [2.05, 4.69) is 17.4 Å². The molecule has 0 bridgehead atoms. The lowest BCUT2D eigenvalue weighted by molar-refractivity contribution is -0.134. The molecule has 1 atom stereocenters. The van der Waals surface area contributed by atoms with Crippen molar-refractivity contribution in [2.75, 3.05) is 26.2 Å². The molecular weight excluding hydrogens is 324 g/mol. The fraction of sp³-hybridized carbons (Fsp3) is 0.632. The van der Waals surface area contributed by atoms with Crippen LogP contribution >= 0.6 is 12.4 Å². The van der Waals surface area contributed by atoms with E-state index in [0.717, 1.165) is 45.4 Å². The van der Waals surface area contributed by atoms with Crippen molar-refractivity contribution in [2.45, 2.75) is 44.8 Å². The lowest BCUT2D eigenvalue weighted by Gasteiger charge is -2.32. The summed E-state index contributed by atoms with van der Waals surface area (Å²) in [4.78, 5) is 14.3. The Balaban J connectivity index is 0.00000208. The smallest absolute Gasteiger partial charge is 0.222 e. The highest BCUT2D eigenvalue weighted by atomic mass is 35.5. The van der Waals surface area contributed by atoms with Gasteiger partial charge in [-0.2, -0.15) is 0 Å². The quantitative estimate of drug-likeness (QED) is 0.855. The first-order valence-electron chi connectivity index (χ1n) is 8.95. The van der Waals surface area contributed by atoms with Crippen molar-refractivity contribution in [2.24, 2.45) is 5.92 Å². The lowest BCUT2D eigenvalue weighted by atomic mass is 10.0. The van der Waals surface area contributed by atoms with Gasteiger partial charge in [0, 0.05) is 19.5 Å². The average Bonchev–Trinajstić information content (AvgIpc) is 3.13. The van der Waals surface area contributed by atoms with E-state index in [1.165, 1.54) is 12.0 Å². The van der Waals surface area contributed by atoms with Crippen LogP contribution < -0.4 is 5.32 Å². The van der Waals surface area contributed by atoms with Gasteiger partial charge in [0.1, 0.15) is 0 Å². The Hall–Kier alpha value is -1.10. The van der Waals surface area contributed by atoms with Gasteiger partial charge in [-0.3, -0.25) is 4.79 Å². The minimum absolute atomic E-state index is 0. The maximum absolute atomic E-state index is 12.3. The highest BCUT2D eigenvalue weighted by molar-refractivity contribution is 5.85. The van der Waals surface area contributed by atoms with E-state index >= 15 is 0 Å². The average molecular weight is 353 g/mol. The normalized spacial score (nSPS) is 21.5. The second-order valence-corrected chi connectivity index (χ2v) is 6.77. The van der Waals surface area contributed by atoms with Crippen LogP contribution in [0.3, 0.4) is 0 Å². The van der Waals surface area contributed by atoms with Crippen LogP contribution in [0.25, 0.3) is 0 Å². The summed E-state index contributed by atoms with van der Waals surface area (Å²) >= 11 is 0. The van der Waals surface area contributed by atoms with Gasteiger partial charge in [-0.25, -0.2) is 0 Å². The van der Waals surface area contributed by atoms with E-state index < -0.39 is 0 Å². The van der Waals surface area contributed by atoms with Gasteiger partial charge < -0.3 is 15.0 Å². The molecule has 1 N–H and O–H groups in total. The molecule has 4 nitrogen and oxygen atoms in total. The largest absolute Gasteiger partial charge is 0.373 e. The summed E-state index contributed by atoms with van der Waals surface area (Å²) in [6.07, 6.45) is 5.19. The van der Waals surface area contributed by atoms with Crippen molar-refractivity contribution in [3.8, 4) is 0 Å². The summed E-state index contributed by atoms with van der Waals surface area (Å²) in [6, 6.07) is 10.3. The summed E-state index contributed by atoms with van der Waals surface area (Å²) in [5.74, 6) is 1.03. The first kappa shape index (κ1) is 19.2. The van der Waals surface area contributed by atoms with Crippen molar-refractivity contribution in [1.29, 1.82) is 0 Å². The summed E-state index contributed by atoms with van der Waals surface area (Å²) in [5.41, 5.74) is 1.22. The predicted molar refractivity (Wildman–Crippen MR) is 98.3 cm³/mol. The first-order valence-corrected chi connectivity index (χ1v) is 8.95. The van der Waals surface area contributed by atoms with Gasteiger partial charge in [0.05, 0.1) is 12.7 Å². The SMILES string of the molecule is Cl.O=C(CCC1CCNC1)N1CCC(OCc2ccccc2)CC1. The van der Waals surface area contributed by atoms with Crippen molar-refractivity contribution in [3.63, 3.8) is 0 Å². The minimum Gasteiger partial charge on any atom is -0.373 e. The Kier molecular flexibility index (Phi) is 8.03. The third-order valence-electron chi connectivity index (χ3n) is 5.05. The Morgan fingerprint density at radius 3 is 2.58 bits per heavy atom. The van der Waals surface area contributed by atoms with Crippen LogP contribution in [0.2, 0.25) is 0 Å². The number of carbonyl (C=O) groups excluding carboxylic acids is 1. The highest BCUT2D eigenvalue weighted by Gasteiger charge is 2.24. The molecule has 2 fully saturated rings. The predicted octanol–water partition coefficient (Wildman–Crippen LogP) is 3.01. The van der Waals surface area contributed by atoms with E-state index in [1.807, 2.05) is 23.1 Å². The molecule has 2 aliphatic rings.